The molecule has 1 saturated heterocycles. The summed E-state index contributed by atoms with van der Waals surface area (Å²) in [5.74, 6) is -0.315. The number of nitrogens with zero attached hydrogens (tertiary/aromatic N) is 3. The van der Waals surface area contributed by atoms with Crippen LogP contribution in [0.1, 0.15) is 16.8 Å². The van der Waals surface area contributed by atoms with Gasteiger partial charge in [0.15, 0.2) is 0 Å². The first-order valence-electron chi connectivity index (χ1n) is 5.89. The molecule has 0 bridgehead atoms. The largest absolute Gasteiger partial charge is 0.337 e. The number of pyridine rings is 1. The van der Waals surface area contributed by atoms with Gasteiger partial charge in [-0.1, -0.05) is 11.6 Å². The molecule has 1 aromatic rings. The average Bonchev–Trinajstić information content (AvgIpc) is 2.67. The van der Waals surface area contributed by atoms with Crippen molar-refractivity contribution in [1.29, 1.82) is 0 Å². The van der Waals surface area contributed by atoms with Gasteiger partial charge in [-0.3, -0.25) is 14.9 Å². The standard InChI is InChI=1S/C11H13ClN4O3/c12-10-9(6-8(7-14-10)16(18)19)11(17)15-4-1-2-13-3-5-15/h6-7,13H,1-5H2. The molecule has 0 radical (unpaired) electrons. The van der Waals surface area contributed by atoms with E-state index in [1.54, 1.807) is 4.90 Å². The predicted molar refractivity (Wildman–Crippen MR) is 69.3 cm³/mol. The summed E-state index contributed by atoms with van der Waals surface area (Å²) in [5.41, 5.74) is -0.154. The molecule has 1 aromatic heterocycles. The maximum atomic E-state index is 12.3. The summed E-state index contributed by atoms with van der Waals surface area (Å²) >= 11 is 5.86. The molecule has 0 spiro atoms. The van der Waals surface area contributed by atoms with Crippen LogP contribution in [0.2, 0.25) is 5.15 Å². The lowest BCUT2D eigenvalue weighted by molar-refractivity contribution is -0.385. The summed E-state index contributed by atoms with van der Waals surface area (Å²) in [6.45, 7) is 2.71. The Balaban J connectivity index is 2.26. The number of nitrogens with one attached hydrogen (secondary N) is 1. The lowest BCUT2D eigenvalue weighted by atomic mass is 10.2. The molecule has 2 heterocycles. The van der Waals surface area contributed by atoms with Crippen molar-refractivity contribution in [2.24, 2.45) is 0 Å². The van der Waals surface area contributed by atoms with Crippen molar-refractivity contribution in [3.8, 4) is 0 Å². The normalized spacial score (nSPS) is 15.9. The third-order valence-electron chi connectivity index (χ3n) is 2.89. The number of halogens is 1. The summed E-state index contributed by atoms with van der Waals surface area (Å²) < 4.78 is 0. The molecule has 0 unspecified atom stereocenters. The molecule has 1 amide bonds. The van der Waals surface area contributed by atoms with Gasteiger partial charge in [-0.25, -0.2) is 4.98 Å². The number of carbonyl (C=O) groups is 1. The van der Waals surface area contributed by atoms with E-state index in [1.807, 2.05) is 0 Å². The summed E-state index contributed by atoms with van der Waals surface area (Å²) in [4.78, 5) is 27.7. The zero-order valence-electron chi connectivity index (χ0n) is 10.1. The van der Waals surface area contributed by atoms with Crippen molar-refractivity contribution >= 4 is 23.2 Å². The molecule has 7 nitrogen and oxygen atoms in total. The number of amides is 1. The van der Waals surface area contributed by atoms with Gasteiger partial charge in [0.2, 0.25) is 0 Å². The van der Waals surface area contributed by atoms with E-state index in [0.717, 1.165) is 19.2 Å². The summed E-state index contributed by atoms with van der Waals surface area (Å²) in [6.07, 6.45) is 1.88. The van der Waals surface area contributed by atoms with Crippen LogP contribution in [-0.2, 0) is 0 Å². The van der Waals surface area contributed by atoms with Crippen LogP contribution in [0, 0.1) is 10.1 Å². The van der Waals surface area contributed by atoms with Gasteiger partial charge in [0.1, 0.15) is 11.3 Å². The molecule has 2 rings (SSSR count). The van der Waals surface area contributed by atoms with E-state index >= 15 is 0 Å². The Morgan fingerprint density at radius 3 is 3.00 bits per heavy atom. The van der Waals surface area contributed by atoms with Gasteiger partial charge in [-0.2, -0.15) is 0 Å². The van der Waals surface area contributed by atoms with Crippen molar-refractivity contribution in [2.45, 2.75) is 6.42 Å². The van der Waals surface area contributed by atoms with Crippen LogP contribution in [0.4, 0.5) is 5.69 Å². The summed E-state index contributed by atoms with van der Waals surface area (Å²) in [7, 11) is 0. The number of aromatic nitrogens is 1. The predicted octanol–water partition coefficient (Wildman–Crippen LogP) is 1.08. The molecule has 0 atom stereocenters. The van der Waals surface area contributed by atoms with Crippen LogP contribution in [0.25, 0.3) is 0 Å². The Kier molecular flexibility index (Phi) is 4.28. The molecule has 8 heteroatoms. The fourth-order valence-electron chi connectivity index (χ4n) is 1.91. The second-order valence-corrected chi connectivity index (χ2v) is 4.54. The Labute approximate surface area is 114 Å². The smallest absolute Gasteiger partial charge is 0.288 e. The highest BCUT2D eigenvalue weighted by atomic mass is 35.5. The topological polar surface area (TPSA) is 88.4 Å². The fourth-order valence-corrected chi connectivity index (χ4v) is 2.09. The van der Waals surface area contributed by atoms with Gasteiger partial charge in [-0.05, 0) is 13.0 Å². The Morgan fingerprint density at radius 1 is 1.47 bits per heavy atom. The molecule has 102 valence electrons. The molecular weight excluding hydrogens is 272 g/mol. The first kappa shape index (κ1) is 13.7. The molecule has 0 aromatic carbocycles. The minimum atomic E-state index is -0.593. The number of hydrogen-bond donors (Lipinski definition) is 1. The van der Waals surface area contributed by atoms with Crippen LogP contribution >= 0.6 is 11.6 Å². The molecule has 19 heavy (non-hydrogen) atoms. The van der Waals surface area contributed by atoms with E-state index in [4.69, 9.17) is 11.6 Å². The van der Waals surface area contributed by atoms with Gasteiger partial charge in [0.05, 0.1) is 10.5 Å². The first-order chi connectivity index (χ1) is 9.09. The SMILES string of the molecule is O=C(c1cc([N+](=O)[O-])cnc1Cl)N1CCCNCC1. The van der Waals surface area contributed by atoms with Crippen LogP contribution in [-0.4, -0.2) is 46.9 Å². The highest BCUT2D eigenvalue weighted by molar-refractivity contribution is 6.32. The van der Waals surface area contributed by atoms with Gasteiger partial charge in [-0.15, -0.1) is 0 Å². The first-order valence-corrected chi connectivity index (χ1v) is 6.27. The van der Waals surface area contributed by atoms with Crippen molar-refractivity contribution in [3.63, 3.8) is 0 Å². The van der Waals surface area contributed by atoms with Crippen LogP contribution in [0.5, 0.6) is 0 Å². The van der Waals surface area contributed by atoms with Crippen molar-refractivity contribution in [2.75, 3.05) is 26.2 Å². The Morgan fingerprint density at radius 2 is 2.26 bits per heavy atom. The Hall–Kier alpha value is -1.73. The van der Waals surface area contributed by atoms with Crippen LogP contribution in [0.3, 0.4) is 0 Å². The number of hydrogen-bond acceptors (Lipinski definition) is 5. The monoisotopic (exact) mass is 284 g/mol. The Bertz CT molecular complexity index is 501. The van der Waals surface area contributed by atoms with E-state index in [2.05, 4.69) is 10.3 Å². The van der Waals surface area contributed by atoms with E-state index in [-0.39, 0.29) is 22.3 Å². The third kappa shape index (κ3) is 3.18. The molecule has 1 N–H and O–H groups in total. The lowest BCUT2D eigenvalue weighted by Crippen LogP contribution is -2.34. The molecule has 1 fully saturated rings. The zero-order chi connectivity index (χ0) is 13.8. The minimum absolute atomic E-state index is 0.00666. The lowest BCUT2D eigenvalue weighted by Gasteiger charge is -2.20. The van der Waals surface area contributed by atoms with Crippen molar-refractivity contribution in [1.82, 2.24) is 15.2 Å². The van der Waals surface area contributed by atoms with E-state index in [9.17, 15) is 14.9 Å². The number of rotatable bonds is 2. The van der Waals surface area contributed by atoms with Crippen molar-refractivity contribution < 1.29 is 9.72 Å². The van der Waals surface area contributed by atoms with E-state index in [0.29, 0.717) is 19.6 Å². The maximum Gasteiger partial charge on any atom is 0.288 e. The van der Waals surface area contributed by atoms with Gasteiger partial charge in [0.25, 0.3) is 11.6 Å². The zero-order valence-corrected chi connectivity index (χ0v) is 10.9. The number of carbonyl (C=O) groups excluding carboxylic acids is 1. The van der Waals surface area contributed by atoms with Gasteiger partial charge < -0.3 is 10.2 Å². The van der Waals surface area contributed by atoms with Gasteiger partial charge in [0, 0.05) is 25.7 Å². The molecular formula is C11H13ClN4O3. The minimum Gasteiger partial charge on any atom is -0.337 e. The van der Waals surface area contributed by atoms with Gasteiger partial charge >= 0.3 is 0 Å². The van der Waals surface area contributed by atoms with Crippen LogP contribution < -0.4 is 5.32 Å². The number of nitro groups is 1. The third-order valence-corrected chi connectivity index (χ3v) is 3.19. The molecule has 0 saturated carbocycles. The van der Waals surface area contributed by atoms with Crippen molar-refractivity contribution in [3.05, 3.63) is 33.1 Å². The summed E-state index contributed by atoms with van der Waals surface area (Å²) in [6, 6.07) is 1.18. The molecule has 1 aliphatic rings. The maximum absolute atomic E-state index is 12.3. The quantitative estimate of drug-likeness (QED) is 0.499. The highest BCUT2D eigenvalue weighted by Crippen LogP contribution is 2.21. The fraction of sp³-hybridized carbons (Fsp3) is 0.455. The molecule has 1 aliphatic heterocycles. The van der Waals surface area contributed by atoms with Crippen LogP contribution in [0.15, 0.2) is 12.3 Å². The second-order valence-electron chi connectivity index (χ2n) is 4.18. The summed E-state index contributed by atoms with van der Waals surface area (Å²) in [5, 5.41) is 13.9. The highest BCUT2D eigenvalue weighted by Gasteiger charge is 2.22. The average molecular weight is 285 g/mol. The molecule has 0 aliphatic carbocycles. The van der Waals surface area contributed by atoms with E-state index < -0.39 is 4.92 Å². The second kappa shape index (κ2) is 5.94. The van der Waals surface area contributed by atoms with E-state index in [1.165, 1.54) is 6.07 Å².